The summed E-state index contributed by atoms with van der Waals surface area (Å²) in [6.07, 6.45) is 1.66. The van der Waals surface area contributed by atoms with E-state index in [4.69, 9.17) is 0 Å². The van der Waals surface area contributed by atoms with Gasteiger partial charge in [0.2, 0.25) is 0 Å². The molecule has 0 aliphatic rings. The van der Waals surface area contributed by atoms with E-state index in [1.807, 2.05) is 6.07 Å². The molecule has 0 aromatic carbocycles. The maximum atomic E-state index is 11.5. The van der Waals surface area contributed by atoms with Gasteiger partial charge in [0.05, 0.1) is 5.52 Å². The Labute approximate surface area is 111 Å². The number of hydrogen-bond donors (Lipinski definition) is 2. The summed E-state index contributed by atoms with van der Waals surface area (Å²) in [5, 5.41) is 0.806. The molecule has 0 atom stereocenters. The van der Waals surface area contributed by atoms with Gasteiger partial charge in [0, 0.05) is 11.6 Å². The van der Waals surface area contributed by atoms with Gasteiger partial charge >= 0.3 is 5.69 Å². The Bertz CT molecular complexity index is 777. The molecule has 0 fully saturated rings. The van der Waals surface area contributed by atoms with E-state index in [2.05, 4.69) is 15.0 Å². The van der Waals surface area contributed by atoms with Gasteiger partial charge in [0.25, 0.3) is 5.56 Å². The first-order chi connectivity index (χ1) is 7.25. The number of fused-ring (bicyclic) bond motifs is 3. The first kappa shape index (κ1) is 13.7. The highest BCUT2D eigenvalue weighted by Crippen LogP contribution is 2.26. The normalized spacial score (nSPS) is 9.88. The summed E-state index contributed by atoms with van der Waals surface area (Å²) < 4.78 is 0.503. The van der Waals surface area contributed by atoms with Gasteiger partial charge in [-0.25, -0.2) is 9.78 Å². The van der Waals surface area contributed by atoms with E-state index in [0.29, 0.717) is 10.2 Å². The Morgan fingerprint density at radius 3 is 2.71 bits per heavy atom. The molecule has 0 saturated heterocycles. The third kappa shape index (κ3) is 2.06. The van der Waals surface area contributed by atoms with Crippen molar-refractivity contribution in [3.05, 3.63) is 39.2 Å². The Morgan fingerprint density at radius 1 is 1.18 bits per heavy atom. The lowest BCUT2D eigenvalue weighted by Gasteiger charge is -1.88. The van der Waals surface area contributed by atoms with Crippen LogP contribution in [-0.2, 0) is 0 Å². The van der Waals surface area contributed by atoms with Gasteiger partial charge in [-0.2, -0.15) is 0 Å². The number of pyridine rings is 1. The van der Waals surface area contributed by atoms with Crippen molar-refractivity contribution >= 4 is 56.6 Å². The molecule has 0 amide bonds. The van der Waals surface area contributed by atoms with Gasteiger partial charge in [-0.1, -0.05) is 0 Å². The molecule has 0 unspecified atom stereocenters. The van der Waals surface area contributed by atoms with Crippen LogP contribution in [0, 0.1) is 0 Å². The first-order valence-corrected chi connectivity index (χ1v) is 5.07. The largest absolute Gasteiger partial charge is 0.326 e. The van der Waals surface area contributed by atoms with Crippen molar-refractivity contribution in [1.29, 1.82) is 0 Å². The van der Waals surface area contributed by atoms with E-state index in [9.17, 15) is 9.59 Å². The molecule has 0 radical (unpaired) electrons. The Hall–Kier alpha value is -1.37. The summed E-state index contributed by atoms with van der Waals surface area (Å²) in [4.78, 5) is 32.3. The first-order valence-electron chi connectivity index (χ1n) is 4.25. The maximum Gasteiger partial charge on any atom is 0.326 e. The zero-order valence-corrected chi connectivity index (χ0v) is 10.7. The number of halogens is 2. The lowest BCUT2D eigenvalue weighted by atomic mass is 10.3. The molecular weight excluding hydrogens is 285 g/mol. The zero-order chi connectivity index (χ0) is 10.4. The second-order valence-corrected chi connectivity index (χ2v) is 4.07. The predicted octanol–water partition coefficient (Wildman–Crippen LogP) is 1.67. The highest BCUT2D eigenvalue weighted by Gasteiger charge is 2.09. The Morgan fingerprint density at radius 2 is 1.94 bits per heavy atom. The highest BCUT2D eigenvalue weighted by atomic mass is 35.5. The van der Waals surface area contributed by atoms with Crippen LogP contribution in [0.4, 0.5) is 0 Å². The van der Waals surface area contributed by atoms with Gasteiger partial charge < -0.3 is 4.98 Å². The number of H-pyrrole nitrogens is 2. The number of rotatable bonds is 0. The molecule has 3 aromatic heterocycles. The third-order valence-corrected chi connectivity index (χ3v) is 3.25. The summed E-state index contributed by atoms with van der Waals surface area (Å²) in [7, 11) is 0. The van der Waals surface area contributed by atoms with Gasteiger partial charge in [0.1, 0.15) is 9.53 Å². The molecule has 0 saturated carbocycles. The minimum absolute atomic E-state index is 0. The summed E-state index contributed by atoms with van der Waals surface area (Å²) in [6, 6.07) is 3.60. The van der Waals surface area contributed by atoms with Crippen LogP contribution in [0.15, 0.2) is 27.9 Å². The standard InChI is InChI=1S/C9H5N3O2S.2ClH/c13-7-6-5(11-9(14)12-7)4-2-1-3-10-8(4)15-6;;/h1-3H,(H2,11,12,13,14);2*1H. The van der Waals surface area contributed by atoms with Crippen molar-refractivity contribution in [2.45, 2.75) is 0 Å². The minimum atomic E-state index is -0.490. The smallest absolute Gasteiger partial charge is 0.305 e. The fourth-order valence-electron chi connectivity index (χ4n) is 1.52. The number of thiophene rings is 1. The zero-order valence-electron chi connectivity index (χ0n) is 8.22. The summed E-state index contributed by atoms with van der Waals surface area (Å²) >= 11 is 1.27. The molecule has 0 spiro atoms. The summed E-state index contributed by atoms with van der Waals surface area (Å²) in [6.45, 7) is 0. The van der Waals surface area contributed by atoms with Gasteiger partial charge in [-0.05, 0) is 12.1 Å². The number of hydrogen-bond acceptors (Lipinski definition) is 4. The van der Waals surface area contributed by atoms with Crippen molar-refractivity contribution < 1.29 is 0 Å². The topological polar surface area (TPSA) is 78.6 Å². The van der Waals surface area contributed by atoms with Gasteiger partial charge in [0.15, 0.2) is 0 Å². The molecule has 5 nitrogen and oxygen atoms in total. The molecule has 0 aliphatic carbocycles. The molecule has 8 heteroatoms. The second kappa shape index (κ2) is 4.87. The highest BCUT2D eigenvalue weighted by molar-refractivity contribution is 7.25. The van der Waals surface area contributed by atoms with Gasteiger partial charge in [-0.15, -0.1) is 36.2 Å². The van der Waals surface area contributed by atoms with Crippen molar-refractivity contribution in [3.8, 4) is 0 Å². The van der Waals surface area contributed by atoms with Crippen LogP contribution in [0.2, 0.25) is 0 Å². The van der Waals surface area contributed by atoms with Crippen LogP contribution >= 0.6 is 36.2 Å². The van der Waals surface area contributed by atoms with Crippen LogP contribution in [0.25, 0.3) is 20.4 Å². The average Bonchev–Trinajstić information content (AvgIpc) is 2.57. The molecule has 0 bridgehead atoms. The van der Waals surface area contributed by atoms with E-state index >= 15 is 0 Å². The Kier molecular flexibility index (Phi) is 3.92. The SMILES string of the molecule is Cl.Cl.O=c1[nH]c(=O)c2sc3ncccc3c2[nH]1. The number of nitrogens with zero attached hydrogens (tertiary/aromatic N) is 1. The molecule has 3 heterocycles. The van der Waals surface area contributed by atoms with E-state index < -0.39 is 5.69 Å². The van der Waals surface area contributed by atoms with E-state index in [1.54, 1.807) is 12.3 Å². The third-order valence-electron chi connectivity index (χ3n) is 2.14. The van der Waals surface area contributed by atoms with E-state index in [0.717, 1.165) is 10.2 Å². The maximum absolute atomic E-state index is 11.5. The minimum Gasteiger partial charge on any atom is -0.305 e. The predicted molar refractivity (Wildman–Crippen MR) is 72.9 cm³/mol. The lowest BCUT2D eigenvalue weighted by Crippen LogP contribution is -2.20. The Balaban J connectivity index is 0.000000722. The van der Waals surface area contributed by atoms with Gasteiger partial charge in [-0.3, -0.25) is 9.78 Å². The number of aromatic nitrogens is 3. The molecule has 0 aliphatic heterocycles. The van der Waals surface area contributed by atoms with Crippen LogP contribution in [0.3, 0.4) is 0 Å². The fourth-order valence-corrected chi connectivity index (χ4v) is 2.51. The molecule has 90 valence electrons. The quantitative estimate of drug-likeness (QED) is 0.661. The van der Waals surface area contributed by atoms with Crippen molar-refractivity contribution in [2.24, 2.45) is 0 Å². The van der Waals surface area contributed by atoms with Crippen LogP contribution < -0.4 is 11.2 Å². The van der Waals surface area contributed by atoms with E-state index in [1.165, 1.54) is 11.3 Å². The van der Waals surface area contributed by atoms with Crippen molar-refractivity contribution in [1.82, 2.24) is 15.0 Å². The van der Waals surface area contributed by atoms with Crippen molar-refractivity contribution in [3.63, 3.8) is 0 Å². The summed E-state index contributed by atoms with van der Waals surface area (Å²) in [5.74, 6) is 0. The number of aromatic amines is 2. The van der Waals surface area contributed by atoms with E-state index in [-0.39, 0.29) is 30.4 Å². The lowest BCUT2D eigenvalue weighted by molar-refractivity contribution is 1.09. The fraction of sp³-hybridized carbons (Fsp3) is 0. The molecule has 17 heavy (non-hydrogen) atoms. The molecule has 2 N–H and O–H groups in total. The van der Waals surface area contributed by atoms with Crippen LogP contribution in [0.5, 0.6) is 0 Å². The molecular formula is C9H7Cl2N3O2S. The number of nitrogens with one attached hydrogen (secondary N) is 2. The average molecular weight is 292 g/mol. The molecule has 3 rings (SSSR count). The van der Waals surface area contributed by atoms with Crippen LogP contribution in [0.1, 0.15) is 0 Å². The monoisotopic (exact) mass is 291 g/mol. The van der Waals surface area contributed by atoms with Crippen molar-refractivity contribution in [2.75, 3.05) is 0 Å². The summed E-state index contributed by atoms with van der Waals surface area (Å²) in [5.41, 5.74) is -0.287. The second-order valence-electron chi connectivity index (χ2n) is 3.07. The molecule has 3 aromatic rings. The van der Waals surface area contributed by atoms with Crippen LogP contribution in [-0.4, -0.2) is 15.0 Å².